The summed E-state index contributed by atoms with van der Waals surface area (Å²) in [7, 11) is 0. The lowest BCUT2D eigenvalue weighted by atomic mass is 9.93. The van der Waals surface area contributed by atoms with Crippen molar-refractivity contribution >= 4 is 23.7 Å². The molecule has 5 atom stereocenters. The molecule has 1 aromatic rings. The zero-order valence-electron chi connectivity index (χ0n) is 14.0. The van der Waals surface area contributed by atoms with Crippen LogP contribution in [0, 0.1) is 22.0 Å². The van der Waals surface area contributed by atoms with Crippen molar-refractivity contribution in [1.29, 1.82) is 0 Å². The Bertz CT molecular complexity index is 826. The number of rotatable bonds is 6. The second kappa shape index (κ2) is 6.50. The number of nitrogens with zero attached hydrogens (tertiary/aromatic N) is 1. The normalized spacial score (nSPS) is 29.3. The van der Waals surface area contributed by atoms with Crippen LogP contribution >= 0.6 is 0 Å². The molecular weight excluding hydrogens is 364 g/mol. The minimum atomic E-state index is -1.92. The van der Waals surface area contributed by atoms with Gasteiger partial charge in [-0.05, 0) is 13.0 Å². The van der Waals surface area contributed by atoms with E-state index in [1.165, 1.54) is 31.2 Å². The molecule has 1 aliphatic carbocycles. The van der Waals surface area contributed by atoms with Gasteiger partial charge in [-0.3, -0.25) is 14.9 Å². The first-order chi connectivity index (χ1) is 12.7. The number of aliphatic carboxylic acids is 2. The summed E-state index contributed by atoms with van der Waals surface area (Å²) < 4.78 is 10.3. The van der Waals surface area contributed by atoms with Crippen LogP contribution in [0.4, 0.5) is 10.5 Å². The number of nitrogens with one attached hydrogen (secondary N) is 1. The second-order valence-electron chi connectivity index (χ2n) is 6.43. The molecule has 27 heavy (non-hydrogen) atoms. The number of carbonyl (C=O) groups is 3. The number of hydrogen-bond acceptors (Lipinski definition) is 7. The quantitative estimate of drug-likeness (QED) is 0.481. The number of amides is 1. The van der Waals surface area contributed by atoms with E-state index in [0.29, 0.717) is 0 Å². The van der Waals surface area contributed by atoms with Crippen molar-refractivity contribution in [2.24, 2.45) is 11.8 Å². The molecule has 3 rings (SSSR count). The van der Waals surface area contributed by atoms with E-state index in [-0.39, 0.29) is 11.3 Å². The van der Waals surface area contributed by atoms with E-state index >= 15 is 0 Å². The van der Waals surface area contributed by atoms with Crippen LogP contribution in [0.5, 0.6) is 0 Å². The number of fused-ring (bicyclic) bond motifs is 1. The Hall–Kier alpha value is -3.21. The third kappa shape index (κ3) is 3.05. The van der Waals surface area contributed by atoms with E-state index in [0.717, 1.165) is 0 Å². The van der Waals surface area contributed by atoms with Crippen LogP contribution < -0.4 is 5.32 Å². The van der Waals surface area contributed by atoms with Gasteiger partial charge in [0.15, 0.2) is 5.54 Å². The molecule has 1 heterocycles. The maximum absolute atomic E-state index is 12.2. The molecule has 3 N–H and O–H groups in total. The first kappa shape index (κ1) is 18.6. The smallest absolute Gasteiger partial charge is 0.408 e. The van der Waals surface area contributed by atoms with E-state index in [1.54, 1.807) is 0 Å². The number of carboxylic acid groups (broad SMARTS) is 2. The highest BCUT2D eigenvalue weighted by Gasteiger charge is 2.74. The molecule has 2 aliphatic rings. The van der Waals surface area contributed by atoms with Crippen molar-refractivity contribution in [3.05, 3.63) is 39.9 Å². The molecule has 1 saturated carbocycles. The van der Waals surface area contributed by atoms with Crippen LogP contribution in [0.15, 0.2) is 24.3 Å². The number of nitro benzene ring substituents is 1. The summed E-state index contributed by atoms with van der Waals surface area (Å²) in [4.78, 5) is 45.6. The molecule has 1 amide bonds. The molecule has 1 unspecified atom stereocenters. The highest BCUT2D eigenvalue weighted by Crippen LogP contribution is 2.54. The molecule has 0 spiro atoms. The van der Waals surface area contributed by atoms with Crippen molar-refractivity contribution in [2.45, 2.75) is 24.7 Å². The number of nitro groups is 1. The number of para-hydroxylation sites is 1. The van der Waals surface area contributed by atoms with Gasteiger partial charge in [-0.15, -0.1) is 0 Å². The van der Waals surface area contributed by atoms with Gasteiger partial charge in [-0.2, -0.15) is 0 Å². The zero-order chi connectivity index (χ0) is 19.9. The number of benzene rings is 1. The number of carbonyl (C=O) groups excluding carboxylic acids is 1. The number of hydrogen-bond donors (Lipinski definition) is 3. The van der Waals surface area contributed by atoms with Gasteiger partial charge in [-0.1, -0.05) is 12.1 Å². The summed E-state index contributed by atoms with van der Waals surface area (Å²) in [6.07, 6.45) is -2.96. The predicted octanol–water partition coefficient (Wildman–Crippen LogP) is 0.935. The zero-order valence-corrected chi connectivity index (χ0v) is 14.0. The molecular formula is C16H16N2O9. The average Bonchev–Trinajstić information content (AvgIpc) is 3.23. The first-order valence-electron chi connectivity index (χ1n) is 7.99. The van der Waals surface area contributed by atoms with Gasteiger partial charge in [0.25, 0.3) is 5.69 Å². The lowest BCUT2D eigenvalue weighted by molar-refractivity contribution is -0.386. The van der Waals surface area contributed by atoms with Crippen LogP contribution in [0.3, 0.4) is 0 Å². The van der Waals surface area contributed by atoms with Crippen molar-refractivity contribution < 1.29 is 39.0 Å². The van der Waals surface area contributed by atoms with Gasteiger partial charge >= 0.3 is 18.0 Å². The Balaban J connectivity index is 1.74. The fraction of sp³-hybridized carbons (Fsp3) is 0.438. The molecule has 1 aliphatic heterocycles. The first-order valence-corrected chi connectivity index (χ1v) is 7.99. The lowest BCUT2D eigenvalue weighted by Crippen LogP contribution is -2.58. The SMILES string of the molecule is CC(OC(=O)N[C@@]1(C(=O)O)CO[C@H]2[C@H](C(=O)O)[C@H]21)c1ccccc1[N+](=O)[O-]. The van der Waals surface area contributed by atoms with E-state index in [4.69, 9.17) is 14.6 Å². The number of carboxylic acids is 2. The Kier molecular flexibility index (Phi) is 4.47. The van der Waals surface area contributed by atoms with E-state index in [2.05, 4.69) is 5.32 Å². The van der Waals surface area contributed by atoms with Gasteiger partial charge in [0.05, 0.1) is 29.1 Å². The van der Waals surface area contributed by atoms with E-state index in [1.807, 2.05) is 0 Å². The van der Waals surface area contributed by atoms with Crippen LogP contribution in [-0.2, 0) is 19.1 Å². The molecule has 1 saturated heterocycles. The molecule has 11 nitrogen and oxygen atoms in total. The molecule has 0 bridgehead atoms. The number of ether oxygens (including phenoxy) is 2. The third-order valence-electron chi connectivity index (χ3n) is 4.87. The van der Waals surface area contributed by atoms with Gasteiger partial charge in [0.1, 0.15) is 6.10 Å². The monoisotopic (exact) mass is 380 g/mol. The lowest BCUT2D eigenvalue weighted by Gasteiger charge is -2.27. The van der Waals surface area contributed by atoms with Crippen molar-refractivity contribution in [3.63, 3.8) is 0 Å². The molecule has 0 aromatic heterocycles. The number of alkyl carbamates (subject to hydrolysis) is 1. The molecule has 11 heteroatoms. The minimum absolute atomic E-state index is 0.136. The van der Waals surface area contributed by atoms with Gasteiger partial charge in [-0.25, -0.2) is 9.59 Å². The van der Waals surface area contributed by atoms with E-state index in [9.17, 15) is 29.6 Å². The minimum Gasteiger partial charge on any atom is -0.481 e. The van der Waals surface area contributed by atoms with Crippen molar-refractivity contribution in [3.8, 4) is 0 Å². The summed E-state index contributed by atoms with van der Waals surface area (Å²) >= 11 is 0. The molecule has 2 fully saturated rings. The molecule has 0 radical (unpaired) electrons. The van der Waals surface area contributed by atoms with E-state index < -0.39 is 59.1 Å². The maximum atomic E-state index is 12.2. The molecule has 1 aromatic carbocycles. The largest absolute Gasteiger partial charge is 0.481 e. The van der Waals surface area contributed by atoms with Crippen molar-refractivity contribution in [2.75, 3.05) is 6.61 Å². The fourth-order valence-electron chi connectivity index (χ4n) is 3.51. The third-order valence-corrected chi connectivity index (χ3v) is 4.87. The molecule has 144 valence electrons. The van der Waals surface area contributed by atoms with Gasteiger partial charge < -0.3 is 25.0 Å². The summed E-state index contributed by atoms with van der Waals surface area (Å²) in [5.41, 5.74) is -2.03. The Morgan fingerprint density at radius 3 is 2.59 bits per heavy atom. The predicted molar refractivity (Wildman–Crippen MR) is 85.9 cm³/mol. The highest BCUT2D eigenvalue weighted by molar-refractivity contribution is 5.89. The van der Waals surface area contributed by atoms with Crippen molar-refractivity contribution in [1.82, 2.24) is 5.32 Å². The van der Waals surface area contributed by atoms with Crippen LogP contribution in [0.25, 0.3) is 0 Å². The second-order valence-corrected chi connectivity index (χ2v) is 6.43. The topological polar surface area (TPSA) is 165 Å². The summed E-state index contributed by atoms with van der Waals surface area (Å²) in [5.74, 6) is -4.59. The van der Waals surface area contributed by atoms with Crippen LogP contribution in [0.2, 0.25) is 0 Å². The average molecular weight is 380 g/mol. The standard InChI is InChI=1S/C16H16N2O9/c1-7(8-4-2-3-5-9(8)18(24)25)27-15(23)17-16(14(21)22)6-26-12-10(11(12)16)13(19)20/h2-5,7,10-12H,6H2,1H3,(H,17,23)(H,19,20)(H,21,22)/t7?,10-,11-,12+,16+/m1/s1. The van der Waals surface area contributed by atoms with Crippen LogP contribution in [0.1, 0.15) is 18.6 Å². The summed E-state index contributed by atoms with van der Waals surface area (Å²) in [5, 5.41) is 31.9. The highest BCUT2D eigenvalue weighted by atomic mass is 16.6. The van der Waals surface area contributed by atoms with Gasteiger partial charge in [0.2, 0.25) is 0 Å². The Labute approximate surface area is 152 Å². The Morgan fingerprint density at radius 2 is 2.04 bits per heavy atom. The Morgan fingerprint density at radius 1 is 1.37 bits per heavy atom. The summed E-state index contributed by atoms with van der Waals surface area (Å²) in [6.45, 7) is 1.01. The van der Waals surface area contributed by atoms with Crippen LogP contribution in [-0.4, -0.2) is 51.4 Å². The van der Waals surface area contributed by atoms with Gasteiger partial charge in [0, 0.05) is 12.0 Å². The maximum Gasteiger partial charge on any atom is 0.408 e. The summed E-state index contributed by atoms with van der Waals surface area (Å²) in [6, 6.07) is 5.67. The fourth-order valence-corrected chi connectivity index (χ4v) is 3.51.